The van der Waals surface area contributed by atoms with Crippen molar-refractivity contribution >= 4 is 21.6 Å². The maximum Gasteiger partial charge on any atom is 0.141 e. The molecule has 2 aromatic rings. The number of pyridine rings is 1. The summed E-state index contributed by atoms with van der Waals surface area (Å²) in [4.78, 5) is 4.02. The Morgan fingerprint density at radius 3 is 2.74 bits per heavy atom. The summed E-state index contributed by atoms with van der Waals surface area (Å²) >= 11 is 3.31. The highest BCUT2D eigenvalue weighted by molar-refractivity contribution is 9.10. The van der Waals surface area contributed by atoms with Crippen LogP contribution in [-0.4, -0.2) is 4.98 Å². The topological polar surface area (TPSA) is 48.7 Å². The highest BCUT2D eigenvalue weighted by Crippen LogP contribution is 2.22. The van der Waals surface area contributed by atoms with Gasteiger partial charge in [-0.1, -0.05) is 0 Å². The standard InChI is InChI=1S/C14H11BrFN3/c1-9-2-12(16)5-13(3-9)19-14(6-17)10-4-11(15)8-18-7-10/h2-5,7-8,14,19H,1H3. The Balaban J connectivity index is 2.27. The van der Waals surface area contributed by atoms with Crippen molar-refractivity contribution in [1.82, 2.24) is 4.98 Å². The Labute approximate surface area is 119 Å². The summed E-state index contributed by atoms with van der Waals surface area (Å²) in [5, 5.41) is 12.2. The lowest BCUT2D eigenvalue weighted by molar-refractivity contribution is 0.627. The Bertz CT molecular complexity index is 617. The second kappa shape index (κ2) is 5.81. The Kier molecular flexibility index (Phi) is 4.13. The number of hydrogen-bond donors (Lipinski definition) is 1. The van der Waals surface area contributed by atoms with Gasteiger partial charge in [0, 0.05) is 28.1 Å². The molecule has 0 saturated heterocycles. The van der Waals surface area contributed by atoms with Crippen molar-refractivity contribution in [3.63, 3.8) is 0 Å². The minimum Gasteiger partial charge on any atom is -0.366 e. The monoisotopic (exact) mass is 319 g/mol. The summed E-state index contributed by atoms with van der Waals surface area (Å²) in [6.07, 6.45) is 3.25. The summed E-state index contributed by atoms with van der Waals surface area (Å²) in [6, 6.07) is 7.96. The van der Waals surface area contributed by atoms with Gasteiger partial charge in [0.05, 0.1) is 6.07 Å². The highest BCUT2D eigenvalue weighted by atomic mass is 79.9. The van der Waals surface area contributed by atoms with E-state index < -0.39 is 6.04 Å². The number of aryl methyl sites for hydroxylation is 1. The zero-order valence-electron chi connectivity index (χ0n) is 10.2. The molecule has 1 aromatic heterocycles. The molecule has 0 spiro atoms. The van der Waals surface area contributed by atoms with E-state index in [-0.39, 0.29) is 5.82 Å². The van der Waals surface area contributed by atoms with Gasteiger partial charge in [0.1, 0.15) is 11.9 Å². The number of nitrogens with zero attached hydrogens (tertiary/aromatic N) is 2. The lowest BCUT2D eigenvalue weighted by atomic mass is 10.1. The van der Waals surface area contributed by atoms with Gasteiger partial charge < -0.3 is 5.32 Å². The molecule has 0 saturated carbocycles. The molecule has 0 radical (unpaired) electrons. The smallest absolute Gasteiger partial charge is 0.141 e. The zero-order chi connectivity index (χ0) is 13.8. The molecule has 5 heteroatoms. The molecule has 0 amide bonds. The van der Waals surface area contributed by atoms with Gasteiger partial charge >= 0.3 is 0 Å². The third-order valence-electron chi connectivity index (χ3n) is 2.54. The summed E-state index contributed by atoms with van der Waals surface area (Å²) < 4.78 is 14.1. The number of hydrogen-bond acceptors (Lipinski definition) is 3. The first-order chi connectivity index (χ1) is 9.08. The van der Waals surface area contributed by atoms with E-state index in [9.17, 15) is 9.65 Å². The molecule has 0 aliphatic heterocycles. The average molecular weight is 320 g/mol. The number of nitriles is 1. The quantitative estimate of drug-likeness (QED) is 0.931. The van der Waals surface area contributed by atoms with Crippen LogP contribution in [0, 0.1) is 24.1 Å². The van der Waals surface area contributed by atoms with Crippen LogP contribution in [-0.2, 0) is 0 Å². The van der Waals surface area contributed by atoms with Gasteiger partial charge in [-0.15, -0.1) is 0 Å². The normalized spacial score (nSPS) is 11.7. The molecule has 1 unspecified atom stereocenters. The van der Waals surface area contributed by atoms with Crippen LogP contribution < -0.4 is 5.32 Å². The number of aromatic nitrogens is 1. The second-order valence-electron chi connectivity index (χ2n) is 4.16. The third kappa shape index (κ3) is 3.52. The fraction of sp³-hybridized carbons (Fsp3) is 0.143. The van der Waals surface area contributed by atoms with Gasteiger partial charge in [-0.05, 0) is 52.7 Å². The van der Waals surface area contributed by atoms with Crippen molar-refractivity contribution in [2.45, 2.75) is 13.0 Å². The van der Waals surface area contributed by atoms with Crippen LogP contribution in [0.5, 0.6) is 0 Å². The van der Waals surface area contributed by atoms with E-state index >= 15 is 0 Å². The van der Waals surface area contributed by atoms with Gasteiger partial charge in [-0.2, -0.15) is 5.26 Å². The van der Waals surface area contributed by atoms with Crippen molar-refractivity contribution in [3.05, 3.63) is 58.1 Å². The molecule has 0 fully saturated rings. The van der Waals surface area contributed by atoms with Crippen LogP contribution in [0.2, 0.25) is 0 Å². The van der Waals surface area contributed by atoms with Crippen LogP contribution in [0.1, 0.15) is 17.2 Å². The van der Waals surface area contributed by atoms with Crippen molar-refractivity contribution < 1.29 is 4.39 Å². The molecule has 1 heterocycles. The predicted molar refractivity (Wildman–Crippen MR) is 75.1 cm³/mol. The van der Waals surface area contributed by atoms with Crippen LogP contribution >= 0.6 is 15.9 Å². The van der Waals surface area contributed by atoms with Crippen molar-refractivity contribution in [3.8, 4) is 6.07 Å². The van der Waals surface area contributed by atoms with E-state index in [4.69, 9.17) is 0 Å². The first kappa shape index (κ1) is 13.5. The fourth-order valence-electron chi connectivity index (χ4n) is 1.76. The lowest BCUT2D eigenvalue weighted by Gasteiger charge is -2.13. The Morgan fingerprint density at radius 2 is 2.11 bits per heavy atom. The lowest BCUT2D eigenvalue weighted by Crippen LogP contribution is -2.09. The van der Waals surface area contributed by atoms with Gasteiger partial charge in [0.15, 0.2) is 0 Å². The molecule has 96 valence electrons. The first-order valence-corrected chi connectivity index (χ1v) is 6.41. The molecular formula is C14H11BrFN3. The molecule has 3 nitrogen and oxygen atoms in total. The average Bonchev–Trinajstić information content (AvgIpc) is 2.34. The van der Waals surface area contributed by atoms with Gasteiger partial charge in [-0.3, -0.25) is 4.98 Å². The molecule has 1 N–H and O–H groups in total. The van der Waals surface area contributed by atoms with Crippen LogP contribution in [0.4, 0.5) is 10.1 Å². The second-order valence-corrected chi connectivity index (χ2v) is 5.08. The first-order valence-electron chi connectivity index (χ1n) is 5.62. The Hall–Kier alpha value is -1.93. The van der Waals surface area contributed by atoms with E-state index in [1.54, 1.807) is 31.5 Å². The van der Waals surface area contributed by atoms with E-state index in [1.165, 1.54) is 12.1 Å². The molecular weight excluding hydrogens is 309 g/mol. The number of rotatable bonds is 3. The zero-order valence-corrected chi connectivity index (χ0v) is 11.8. The number of nitrogens with one attached hydrogen (secondary N) is 1. The predicted octanol–water partition coefficient (Wildman–Crippen LogP) is 3.97. The Morgan fingerprint density at radius 1 is 1.32 bits per heavy atom. The van der Waals surface area contributed by atoms with E-state index in [0.717, 1.165) is 15.6 Å². The largest absolute Gasteiger partial charge is 0.366 e. The van der Waals surface area contributed by atoms with E-state index in [1.807, 2.05) is 0 Å². The van der Waals surface area contributed by atoms with Crippen LogP contribution in [0.3, 0.4) is 0 Å². The maximum absolute atomic E-state index is 13.3. The molecule has 2 rings (SSSR count). The molecule has 1 atom stereocenters. The number of halogens is 2. The van der Waals surface area contributed by atoms with Gasteiger partial charge in [0.2, 0.25) is 0 Å². The summed E-state index contributed by atoms with van der Waals surface area (Å²) in [5.41, 5.74) is 2.09. The van der Waals surface area contributed by atoms with E-state index in [0.29, 0.717) is 5.69 Å². The maximum atomic E-state index is 13.3. The number of benzene rings is 1. The SMILES string of the molecule is Cc1cc(F)cc(NC(C#N)c2cncc(Br)c2)c1. The fourth-order valence-corrected chi connectivity index (χ4v) is 2.15. The molecule has 19 heavy (non-hydrogen) atoms. The minimum atomic E-state index is -0.578. The highest BCUT2D eigenvalue weighted by Gasteiger charge is 2.11. The van der Waals surface area contributed by atoms with Crippen LogP contribution in [0.15, 0.2) is 41.1 Å². The van der Waals surface area contributed by atoms with Gasteiger partial charge in [0.25, 0.3) is 0 Å². The van der Waals surface area contributed by atoms with Crippen molar-refractivity contribution in [1.29, 1.82) is 5.26 Å². The third-order valence-corrected chi connectivity index (χ3v) is 2.98. The summed E-state index contributed by atoms with van der Waals surface area (Å²) in [6.45, 7) is 1.80. The molecule has 1 aromatic carbocycles. The minimum absolute atomic E-state index is 0.327. The molecule has 0 aliphatic rings. The van der Waals surface area contributed by atoms with Crippen molar-refractivity contribution in [2.24, 2.45) is 0 Å². The van der Waals surface area contributed by atoms with Crippen LogP contribution in [0.25, 0.3) is 0 Å². The van der Waals surface area contributed by atoms with E-state index in [2.05, 4.69) is 32.3 Å². The molecule has 0 aliphatic carbocycles. The van der Waals surface area contributed by atoms with Crippen molar-refractivity contribution in [2.75, 3.05) is 5.32 Å². The summed E-state index contributed by atoms with van der Waals surface area (Å²) in [7, 11) is 0. The summed E-state index contributed by atoms with van der Waals surface area (Å²) in [5.74, 6) is -0.327. The number of anilines is 1. The van der Waals surface area contributed by atoms with Gasteiger partial charge in [-0.25, -0.2) is 4.39 Å². The molecule has 0 bridgehead atoms.